The molecule has 3 aromatic carbocycles. The summed E-state index contributed by atoms with van der Waals surface area (Å²) in [7, 11) is 1.52. The van der Waals surface area contributed by atoms with Crippen molar-refractivity contribution in [3.05, 3.63) is 102 Å². The van der Waals surface area contributed by atoms with Gasteiger partial charge in [0.05, 0.1) is 18.7 Å². The first kappa shape index (κ1) is 20.1. The van der Waals surface area contributed by atoms with Crippen LogP contribution in [0.15, 0.2) is 84.9 Å². The quantitative estimate of drug-likeness (QED) is 0.593. The van der Waals surface area contributed by atoms with E-state index in [1.54, 1.807) is 24.3 Å². The smallest absolute Gasteiger partial charge is 0.338 e. The molecule has 1 N–H and O–H groups in total. The molecular formula is C24H23NO4. The Hall–Kier alpha value is -3.60. The van der Waals surface area contributed by atoms with Crippen LogP contribution in [0.4, 0.5) is 0 Å². The summed E-state index contributed by atoms with van der Waals surface area (Å²) in [4.78, 5) is 24.7. The van der Waals surface area contributed by atoms with Gasteiger partial charge in [-0.15, -0.1) is 0 Å². The van der Waals surface area contributed by atoms with Crippen LogP contribution in [0.25, 0.3) is 0 Å². The highest BCUT2D eigenvalue weighted by Crippen LogP contribution is 2.18. The molecule has 0 aliphatic heterocycles. The summed E-state index contributed by atoms with van der Waals surface area (Å²) in [5, 5.41) is 2.97. The number of amides is 1. The molecule has 0 fully saturated rings. The van der Waals surface area contributed by atoms with Gasteiger partial charge in [-0.2, -0.15) is 0 Å². The lowest BCUT2D eigenvalue weighted by atomic mass is 9.99. The van der Waals surface area contributed by atoms with Crippen LogP contribution in [-0.4, -0.2) is 25.6 Å². The Morgan fingerprint density at radius 1 is 0.897 bits per heavy atom. The summed E-state index contributed by atoms with van der Waals surface area (Å²) in [6.45, 7) is -0.353. The largest absolute Gasteiger partial charge is 0.497 e. The molecule has 0 spiro atoms. The minimum Gasteiger partial charge on any atom is -0.497 e. The lowest BCUT2D eigenvalue weighted by molar-refractivity contribution is -0.125. The van der Waals surface area contributed by atoms with Crippen LogP contribution in [-0.2, 0) is 16.0 Å². The van der Waals surface area contributed by atoms with Gasteiger partial charge in [0.1, 0.15) is 5.75 Å². The third kappa shape index (κ3) is 5.94. The van der Waals surface area contributed by atoms with Crippen LogP contribution in [0.1, 0.15) is 27.5 Å². The minimum absolute atomic E-state index is 0.221. The molecule has 0 aliphatic carbocycles. The molecule has 1 amide bonds. The van der Waals surface area contributed by atoms with E-state index in [0.717, 1.165) is 11.1 Å². The standard InChI is InChI=1S/C24H23NO4/c1-28-21-14-8-13-20(16-21)24(27)29-17-23(26)25-22(19-11-6-3-7-12-19)15-18-9-4-2-5-10-18/h2-14,16,22H,15,17H2,1H3,(H,25,26)/t22-/m0/s1. The first-order valence-electron chi connectivity index (χ1n) is 9.35. The van der Waals surface area contributed by atoms with Crippen molar-refractivity contribution in [1.29, 1.82) is 0 Å². The number of carbonyl (C=O) groups is 2. The van der Waals surface area contributed by atoms with Crippen molar-refractivity contribution in [2.24, 2.45) is 0 Å². The van der Waals surface area contributed by atoms with E-state index < -0.39 is 5.97 Å². The van der Waals surface area contributed by atoms with Crippen molar-refractivity contribution < 1.29 is 19.1 Å². The highest BCUT2D eigenvalue weighted by Gasteiger charge is 2.17. The summed E-state index contributed by atoms with van der Waals surface area (Å²) >= 11 is 0. The molecule has 0 unspecified atom stereocenters. The Morgan fingerprint density at radius 2 is 1.59 bits per heavy atom. The van der Waals surface area contributed by atoms with Crippen LogP contribution in [0.3, 0.4) is 0 Å². The molecule has 0 radical (unpaired) electrons. The zero-order valence-electron chi connectivity index (χ0n) is 16.2. The zero-order chi connectivity index (χ0) is 20.5. The maximum absolute atomic E-state index is 12.5. The van der Waals surface area contributed by atoms with Crippen LogP contribution in [0.2, 0.25) is 0 Å². The van der Waals surface area contributed by atoms with Gasteiger partial charge in [0, 0.05) is 0 Å². The van der Waals surface area contributed by atoms with Crippen LogP contribution >= 0.6 is 0 Å². The Bertz CT molecular complexity index is 941. The monoisotopic (exact) mass is 389 g/mol. The van der Waals surface area contributed by atoms with Gasteiger partial charge in [-0.05, 0) is 35.7 Å². The molecule has 5 nitrogen and oxygen atoms in total. The van der Waals surface area contributed by atoms with Gasteiger partial charge in [0.15, 0.2) is 6.61 Å². The highest BCUT2D eigenvalue weighted by atomic mass is 16.5. The molecule has 3 aromatic rings. The second kappa shape index (κ2) is 10.1. The second-order valence-corrected chi connectivity index (χ2v) is 6.53. The van der Waals surface area contributed by atoms with E-state index in [1.807, 2.05) is 60.7 Å². The fraction of sp³-hybridized carbons (Fsp3) is 0.167. The first-order chi connectivity index (χ1) is 14.2. The molecule has 0 heterocycles. The van der Waals surface area contributed by atoms with Gasteiger partial charge in [-0.25, -0.2) is 4.79 Å². The van der Waals surface area contributed by atoms with Crippen LogP contribution < -0.4 is 10.1 Å². The predicted octanol–water partition coefficient (Wildman–Crippen LogP) is 3.95. The van der Waals surface area contributed by atoms with Gasteiger partial charge in [0.25, 0.3) is 5.91 Å². The lowest BCUT2D eigenvalue weighted by Gasteiger charge is -2.19. The number of rotatable bonds is 8. The molecular weight excluding hydrogens is 366 g/mol. The first-order valence-corrected chi connectivity index (χ1v) is 9.35. The zero-order valence-corrected chi connectivity index (χ0v) is 16.2. The van der Waals surface area contributed by atoms with E-state index >= 15 is 0 Å². The Labute approximate surface area is 170 Å². The van der Waals surface area contributed by atoms with Crippen LogP contribution in [0, 0.1) is 0 Å². The maximum Gasteiger partial charge on any atom is 0.338 e. The van der Waals surface area contributed by atoms with Crippen molar-refractivity contribution in [1.82, 2.24) is 5.32 Å². The fourth-order valence-corrected chi connectivity index (χ4v) is 2.99. The van der Waals surface area contributed by atoms with E-state index in [2.05, 4.69) is 5.32 Å². The molecule has 3 rings (SSSR count). The third-order valence-corrected chi connectivity index (χ3v) is 4.46. The predicted molar refractivity (Wildman–Crippen MR) is 111 cm³/mol. The van der Waals surface area contributed by atoms with Crippen molar-refractivity contribution >= 4 is 11.9 Å². The average molecular weight is 389 g/mol. The van der Waals surface area contributed by atoms with Gasteiger partial charge in [0.2, 0.25) is 0 Å². The molecule has 5 heteroatoms. The van der Waals surface area contributed by atoms with Gasteiger partial charge in [-0.1, -0.05) is 66.7 Å². The van der Waals surface area contributed by atoms with E-state index in [1.165, 1.54) is 7.11 Å². The number of esters is 1. The molecule has 29 heavy (non-hydrogen) atoms. The summed E-state index contributed by atoms with van der Waals surface area (Å²) < 4.78 is 10.3. The molecule has 0 saturated carbocycles. The number of carbonyl (C=O) groups excluding carboxylic acids is 2. The Kier molecular flexibility index (Phi) is 7.00. The Balaban J connectivity index is 1.62. The number of nitrogens with one attached hydrogen (secondary N) is 1. The van der Waals surface area contributed by atoms with Crippen molar-refractivity contribution in [2.75, 3.05) is 13.7 Å². The van der Waals surface area contributed by atoms with E-state index in [4.69, 9.17) is 9.47 Å². The summed E-state index contributed by atoms with van der Waals surface area (Å²) in [5.41, 5.74) is 2.43. The topological polar surface area (TPSA) is 64.6 Å². The summed E-state index contributed by atoms with van der Waals surface area (Å²) in [6, 6.07) is 26.1. The molecule has 148 valence electrons. The van der Waals surface area contributed by atoms with Crippen molar-refractivity contribution in [2.45, 2.75) is 12.5 Å². The normalized spacial score (nSPS) is 11.3. The molecule has 0 bridgehead atoms. The van der Waals surface area contributed by atoms with Crippen LogP contribution in [0.5, 0.6) is 5.75 Å². The molecule has 0 aliphatic rings. The summed E-state index contributed by atoms with van der Waals surface area (Å²) in [5.74, 6) is -0.375. The second-order valence-electron chi connectivity index (χ2n) is 6.53. The lowest BCUT2D eigenvalue weighted by Crippen LogP contribution is -2.33. The number of hydrogen-bond donors (Lipinski definition) is 1. The molecule has 0 saturated heterocycles. The van der Waals surface area contributed by atoms with Crippen molar-refractivity contribution in [3.63, 3.8) is 0 Å². The van der Waals surface area contributed by atoms with Gasteiger partial charge in [-0.3, -0.25) is 4.79 Å². The number of hydrogen-bond acceptors (Lipinski definition) is 4. The number of ether oxygens (including phenoxy) is 2. The van der Waals surface area contributed by atoms with E-state index in [9.17, 15) is 9.59 Å². The SMILES string of the molecule is COc1cccc(C(=O)OCC(=O)N[C@@H](Cc2ccccc2)c2ccccc2)c1. The van der Waals surface area contributed by atoms with E-state index in [0.29, 0.717) is 17.7 Å². The van der Waals surface area contributed by atoms with Gasteiger partial charge < -0.3 is 14.8 Å². The highest BCUT2D eigenvalue weighted by molar-refractivity contribution is 5.91. The maximum atomic E-state index is 12.5. The van der Waals surface area contributed by atoms with E-state index in [-0.39, 0.29) is 18.6 Å². The van der Waals surface area contributed by atoms with Gasteiger partial charge >= 0.3 is 5.97 Å². The molecule has 0 aromatic heterocycles. The van der Waals surface area contributed by atoms with Crippen molar-refractivity contribution in [3.8, 4) is 5.75 Å². The fourth-order valence-electron chi connectivity index (χ4n) is 2.99. The average Bonchev–Trinajstić information content (AvgIpc) is 2.78. The minimum atomic E-state index is -0.571. The third-order valence-electron chi connectivity index (χ3n) is 4.46. The summed E-state index contributed by atoms with van der Waals surface area (Å²) in [6.07, 6.45) is 0.639. The Morgan fingerprint density at radius 3 is 2.28 bits per heavy atom. The molecule has 1 atom stereocenters. The number of methoxy groups -OCH3 is 1. The number of benzene rings is 3.